The van der Waals surface area contributed by atoms with E-state index in [9.17, 15) is 9.90 Å². The van der Waals surface area contributed by atoms with Gasteiger partial charge in [-0.1, -0.05) is 80.4 Å². The fraction of sp³-hybridized carbons (Fsp3) is 0.435. The summed E-state index contributed by atoms with van der Waals surface area (Å²) >= 11 is 0. The van der Waals surface area contributed by atoms with Crippen LogP contribution in [0, 0.1) is 0 Å². The second-order valence-electron chi connectivity index (χ2n) is 6.98. The number of hydrogen-bond donors (Lipinski definition) is 3. The molecule has 2 rings (SSSR count). The Morgan fingerprint density at radius 1 is 1.00 bits per heavy atom. The quantitative estimate of drug-likeness (QED) is 0.489. The Labute approximate surface area is 168 Å². The molecule has 0 spiro atoms. The van der Waals surface area contributed by atoms with E-state index in [1.165, 1.54) is 6.42 Å². The number of aliphatic hydroxyl groups excluding tert-OH is 1. The molecular formula is C23H32N2O3. The highest BCUT2D eigenvalue weighted by Gasteiger charge is 2.22. The van der Waals surface area contributed by atoms with E-state index in [1.54, 1.807) is 0 Å². The van der Waals surface area contributed by atoms with Crippen LogP contribution in [0.5, 0.6) is 0 Å². The molecule has 0 saturated carbocycles. The van der Waals surface area contributed by atoms with Crippen LogP contribution in [-0.4, -0.2) is 36.4 Å². The Morgan fingerprint density at radius 2 is 1.64 bits per heavy atom. The zero-order valence-electron chi connectivity index (χ0n) is 16.6. The van der Waals surface area contributed by atoms with Crippen molar-refractivity contribution in [2.24, 2.45) is 0 Å². The molecule has 5 heteroatoms. The minimum absolute atomic E-state index is 0.204. The molecule has 0 aliphatic rings. The van der Waals surface area contributed by atoms with Gasteiger partial charge in [-0.25, -0.2) is 4.79 Å². The van der Waals surface area contributed by atoms with E-state index in [-0.39, 0.29) is 6.61 Å². The molecule has 5 nitrogen and oxygen atoms in total. The highest BCUT2D eigenvalue weighted by molar-refractivity contribution is 5.67. The van der Waals surface area contributed by atoms with Gasteiger partial charge in [0.05, 0.1) is 12.1 Å². The summed E-state index contributed by atoms with van der Waals surface area (Å²) in [5, 5.41) is 16.7. The van der Waals surface area contributed by atoms with Crippen molar-refractivity contribution in [2.45, 2.75) is 51.4 Å². The molecule has 2 aromatic rings. The fourth-order valence-corrected chi connectivity index (χ4v) is 2.96. The summed E-state index contributed by atoms with van der Waals surface area (Å²) in [6.07, 6.45) is 2.73. The Hall–Kier alpha value is -2.37. The third-order valence-corrected chi connectivity index (χ3v) is 4.59. The lowest BCUT2D eigenvalue weighted by molar-refractivity contribution is 0.101. The molecule has 152 valence electrons. The van der Waals surface area contributed by atoms with E-state index in [2.05, 4.69) is 17.6 Å². The molecule has 3 N–H and O–H groups in total. The van der Waals surface area contributed by atoms with Crippen molar-refractivity contribution in [3.63, 3.8) is 0 Å². The average Bonchev–Trinajstić information content (AvgIpc) is 2.73. The van der Waals surface area contributed by atoms with Crippen molar-refractivity contribution in [2.75, 3.05) is 13.1 Å². The minimum atomic E-state index is -0.703. The SMILES string of the molecule is CCCCCNC[C@@H](O)[C@H](Cc1ccccc1)NC(=O)OCc1ccccc1. The summed E-state index contributed by atoms with van der Waals surface area (Å²) in [7, 11) is 0. The first-order chi connectivity index (χ1) is 13.7. The summed E-state index contributed by atoms with van der Waals surface area (Å²) < 4.78 is 5.32. The number of amides is 1. The lowest BCUT2D eigenvalue weighted by Gasteiger charge is -2.24. The van der Waals surface area contributed by atoms with Crippen LogP contribution in [0.3, 0.4) is 0 Å². The first-order valence-electron chi connectivity index (χ1n) is 10.1. The maximum atomic E-state index is 12.3. The molecule has 0 aromatic heterocycles. The second kappa shape index (κ2) is 12.9. The van der Waals surface area contributed by atoms with Crippen molar-refractivity contribution >= 4 is 6.09 Å². The van der Waals surface area contributed by atoms with Crippen LogP contribution in [0.2, 0.25) is 0 Å². The fourth-order valence-electron chi connectivity index (χ4n) is 2.96. The van der Waals surface area contributed by atoms with E-state index in [0.29, 0.717) is 13.0 Å². The standard InChI is InChI=1S/C23H32N2O3/c1-2-3-10-15-24-17-22(26)21(16-19-11-6-4-7-12-19)25-23(27)28-18-20-13-8-5-9-14-20/h4-9,11-14,21-22,24,26H,2-3,10,15-18H2,1H3,(H,25,27)/t21-,22+/m0/s1. The van der Waals surface area contributed by atoms with Crippen molar-refractivity contribution in [3.05, 3.63) is 71.8 Å². The summed E-state index contributed by atoms with van der Waals surface area (Å²) in [6.45, 7) is 3.66. The number of alkyl carbamates (subject to hydrolysis) is 1. The average molecular weight is 385 g/mol. The lowest BCUT2D eigenvalue weighted by atomic mass is 10.0. The van der Waals surface area contributed by atoms with Gasteiger partial charge in [-0.3, -0.25) is 0 Å². The van der Waals surface area contributed by atoms with Gasteiger partial charge in [0, 0.05) is 6.54 Å². The van der Waals surface area contributed by atoms with Gasteiger partial charge in [0.2, 0.25) is 0 Å². The molecule has 0 aliphatic carbocycles. The Balaban J connectivity index is 1.88. The van der Waals surface area contributed by atoms with Gasteiger partial charge in [0.25, 0.3) is 0 Å². The molecule has 0 heterocycles. The smallest absolute Gasteiger partial charge is 0.407 e. The first kappa shape index (κ1) is 21.9. The normalized spacial score (nSPS) is 12.9. The third kappa shape index (κ3) is 8.55. The molecule has 0 radical (unpaired) electrons. The van der Waals surface area contributed by atoms with Gasteiger partial charge in [-0.15, -0.1) is 0 Å². The largest absolute Gasteiger partial charge is 0.445 e. The van der Waals surface area contributed by atoms with Gasteiger partial charge in [-0.05, 0) is 30.5 Å². The number of aliphatic hydroxyl groups is 1. The second-order valence-corrected chi connectivity index (χ2v) is 6.98. The molecule has 0 fully saturated rings. The van der Waals surface area contributed by atoms with E-state index >= 15 is 0 Å². The number of rotatable bonds is 12. The van der Waals surface area contributed by atoms with Gasteiger partial charge in [0.1, 0.15) is 6.61 Å². The molecular weight excluding hydrogens is 352 g/mol. The van der Waals surface area contributed by atoms with Gasteiger partial charge < -0.3 is 20.5 Å². The van der Waals surface area contributed by atoms with Crippen molar-refractivity contribution in [1.29, 1.82) is 0 Å². The number of carbonyl (C=O) groups excluding carboxylic acids is 1. The van der Waals surface area contributed by atoms with Crippen LogP contribution in [-0.2, 0) is 17.8 Å². The predicted molar refractivity (Wildman–Crippen MR) is 112 cm³/mol. The topological polar surface area (TPSA) is 70.6 Å². The van der Waals surface area contributed by atoms with Crippen LogP contribution in [0.25, 0.3) is 0 Å². The Morgan fingerprint density at radius 3 is 2.29 bits per heavy atom. The van der Waals surface area contributed by atoms with E-state index < -0.39 is 18.2 Å². The molecule has 0 unspecified atom stereocenters. The number of hydrogen-bond acceptors (Lipinski definition) is 4. The van der Waals surface area contributed by atoms with Crippen molar-refractivity contribution in [3.8, 4) is 0 Å². The van der Waals surface area contributed by atoms with Gasteiger partial charge in [-0.2, -0.15) is 0 Å². The number of carbonyl (C=O) groups is 1. The molecule has 2 aromatic carbocycles. The maximum absolute atomic E-state index is 12.3. The van der Waals surface area contributed by atoms with E-state index in [4.69, 9.17) is 4.74 Å². The van der Waals surface area contributed by atoms with Crippen LogP contribution in [0.4, 0.5) is 4.79 Å². The highest BCUT2D eigenvalue weighted by Crippen LogP contribution is 2.08. The van der Waals surface area contributed by atoms with E-state index in [0.717, 1.165) is 30.5 Å². The Kier molecular flexibility index (Phi) is 10.1. The molecule has 0 aliphatic heterocycles. The zero-order chi connectivity index (χ0) is 20.0. The predicted octanol–water partition coefficient (Wildman–Crippen LogP) is 3.66. The monoisotopic (exact) mass is 384 g/mol. The van der Waals surface area contributed by atoms with Crippen LogP contribution in [0.15, 0.2) is 60.7 Å². The van der Waals surface area contributed by atoms with E-state index in [1.807, 2.05) is 60.7 Å². The molecule has 1 amide bonds. The van der Waals surface area contributed by atoms with Crippen LogP contribution < -0.4 is 10.6 Å². The molecule has 0 bridgehead atoms. The minimum Gasteiger partial charge on any atom is -0.445 e. The number of benzene rings is 2. The number of unbranched alkanes of at least 4 members (excludes halogenated alkanes) is 2. The van der Waals surface area contributed by atoms with Crippen LogP contribution in [0.1, 0.15) is 37.3 Å². The summed E-state index contributed by atoms with van der Waals surface area (Å²) in [4.78, 5) is 12.3. The van der Waals surface area contributed by atoms with Crippen molar-refractivity contribution in [1.82, 2.24) is 10.6 Å². The Bertz CT molecular complexity index is 664. The summed E-state index contributed by atoms with van der Waals surface area (Å²) in [5.74, 6) is 0. The molecule has 2 atom stereocenters. The number of nitrogens with one attached hydrogen (secondary N) is 2. The van der Waals surface area contributed by atoms with Crippen molar-refractivity contribution < 1.29 is 14.6 Å². The molecule has 0 saturated heterocycles. The first-order valence-corrected chi connectivity index (χ1v) is 10.1. The summed E-state index contributed by atoms with van der Waals surface area (Å²) in [6, 6.07) is 19.0. The van der Waals surface area contributed by atoms with Crippen LogP contribution >= 0.6 is 0 Å². The lowest BCUT2D eigenvalue weighted by Crippen LogP contribution is -2.49. The van der Waals surface area contributed by atoms with Gasteiger partial charge in [0.15, 0.2) is 0 Å². The summed E-state index contributed by atoms with van der Waals surface area (Å²) in [5.41, 5.74) is 1.98. The number of ether oxygens (including phenoxy) is 1. The maximum Gasteiger partial charge on any atom is 0.407 e. The zero-order valence-corrected chi connectivity index (χ0v) is 16.6. The van der Waals surface area contributed by atoms with Gasteiger partial charge >= 0.3 is 6.09 Å². The highest BCUT2D eigenvalue weighted by atomic mass is 16.5. The third-order valence-electron chi connectivity index (χ3n) is 4.59. The molecule has 28 heavy (non-hydrogen) atoms.